The average molecular weight is 520 g/mol. The van der Waals surface area contributed by atoms with Crippen molar-refractivity contribution in [3.8, 4) is 11.5 Å². The van der Waals surface area contributed by atoms with E-state index in [0.717, 1.165) is 34.5 Å². The molecule has 198 valence electrons. The smallest absolute Gasteiger partial charge is 0.244 e. The number of hydrogen-bond donors (Lipinski definition) is 1. The number of anilines is 1. The lowest BCUT2D eigenvalue weighted by Gasteiger charge is -2.32. The van der Waals surface area contributed by atoms with Crippen LogP contribution in [0, 0.1) is 6.92 Å². The molecule has 0 spiro atoms. The van der Waals surface area contributed by atoms with E-state index in [0.29, 0.717) is 18.0 Å². The monoisotopic (exact) mass is 519 g/mol. The standard InChI is InChI=1S/C26H37N3O6S/c1-7-8-14-27-26(31)20(3)28(17-21-10-9-11-22(16-21)34-4)25(30)18-29(36(6,32)33)23-15-19(2)12-13-24(23)35-5/h9-13,15-16,20H,7-8,14,17-18H2,1-6H3,(H,27,31)/t20-/m1/s1. The number of hydrogen-bond acceptors (Lipinski definition) is 6. The van der Waals surface area contributed by atoms with Crippen LogP contribution in [0.4, 0.5) is 5.69 Å². The van der Waals surface area contributed by atoms with Crippen molar-refractivity contribution in [3.63, 3.8) is 0 Å². The van der Waals surface area contributed by atoms with Gasteiger partial charge in [0.25, 0.3) is 0 Å². The molecule has 2 aromatic rings. The Hall–Kier alpha value is -3.27. The minimum absolute atomic E-state index is 0.0982. The number of nitrogens with zero attached hydrogens (tertiary/aromatic N) is 2. The topological polar surface area (TPSA) is 105 Å². The van der Waals surface area contributed by atoms with Crippen LogP contribution in [0.2, 0.25) is 0 Å². The first kappa shape index (κ1) is 29.0. The predicted octanol–water partition coefficient (Wildman–Crippen LogP) is 3.11. The van der Waals surface area contributed by atoms with E-state index >= 15 is 0 Å². The SMILES string of the molecule is CCCCNC(=O)[C@@H](C)N(Cc1cccc(OC)c1)C(=O)CN(c1cc(C)ccc1OC)S(C)(=O)=O. The Balaban J connectivity index is 2.44. The lowest BCUT2D eigenvalue weighted by molar-refractivity contribution is -0.139. The van der Waals surface area contributed by atoms with Crippen LogP contribution in [0.15, 0.2) is 42.5 Å². The summed E-state index contributed by atoms with van der Waals surface area (Å²) >= 11 is 0. The Morgan fingerprint density at radius 2 is 1.81 bits per heavy atom. The number of carbonyl (C=O) groups is 2. The van der Waals surface area contributed by atoms with Crippen molar-refractivity contribution in [1.82, 2.24) is 10.2 Å². The van der Waals surface area contributed by atoms with E-state index in [-0.39, 0.29) is 18.1 Å². The lowest BCUT2D eigenvalue weighted by atomic mass is 10.1. The lowest BCUT2D eigenvalue weighted by Crippen LogP contribution is -2.51. The number of unbranched alkanes of at least 4 members (excludes halogenated alkanes) is 1. The molecule has 36 heavy (non-hydrogen) atoms. The van der Waals surface area contributed by atoms with Crippen molar-refractivity contribution in [3.05, 3.63) is 53.6 Å². The van der Waals surface area contributed by atoms with Crippen LogP contribution in [0.25, 0.3) is 0 Å². The molecule has 0 aromatic heterocycles. The second-order valence-corrected chi connectivity index (χ2v) is 10.5. The molecule has 0 aliphatic heterocycles. The summed E-state index contributed by atoms with van der Waals surface area (Å²) in [6.07, 6.45) is 2.77. The molecule has 1 atom stereocenters. The number of sulfonamides is 1. The van der Waals surface area contributed by atoms with Gasteiger partial charge in [-0.25, -0.2) is 8.42 Å². The number of amides is 2. The Morgan fingerprint density at radius 3 is 2.42 bits per heavy atom. The zero-order chi connectivity index (χ0) is 26.9. The van der Waals surface area contributed by atoms with E-state index < -0.39 is 28.5 Å². The number of methoxy groups -OCH3 is 2. The van der Waals surface area contributed by atoms with E-state index in [4.69, 9.17) is 9.47 Å². The quantitative estimate of drug-likeness (QED) is 0.408. The van der Waals surface area contributed by atoms with Gasteiger partial charge in [0.05, 0.1) is 26.2 Å². The van der Waals surface area contributed by atoms with Gasteiger partial charge in [0.1, 0.15) is 24.1 Å². The van der Waals surface area contributed by atoms with Crippen LogP contribution < -0.4 is 19.1 Å². The molecule has 0 aliphatic carbocycles. The first-order chi connectivity index (χ1) is 17.0. The molecule has 0 fully saturated rings. The van der Waals surface area contributed by atoms with Crippen molar-refractivity contribution in [1.29, 1.82) is 0 Å². The molecule has 0 aliphatic rings. The molecule has 0 saturated heterocycles. The Morgan fingerprint density at radius 1 is 1.08 bits per heavy atom. The highest BCUT2D eigenvalue weighted by Gasteiger charge is 2.31. The Bertz CT molecular complexity index is 1150. The molecule has 9 nitrogen and oxygen atoms in total. The van der Waals surface area contributed by atoms with Gasteiger partial charge in [0, 0.05) is 13.1 Å². The molecule has 0 saturated carbocycles. The maximum absolute atomic E-state index is 13.7. The average Bonchev–Trinajstić information content (AvgIpc) is 2.84. The summed E-state index contributed by atoms with van der Waals surface area (Å²) in [6.45, 7) is 5.58. The van der Waals surface area contributed by atoms with E-state index in [1.165, 1.54) is 12.0 Å². The summed E-state index contributed by atoms with van der Waals surface area (Å²) in [5, 5.41) is 2.86. The number of nitrogens with one attached hydrogen (secondary N) is 1. The van der Waals surface area contributed by atoms with Crippen LogP contribution in [-0.2, 0) is 26.2 Å². The second kappa shape index (κ2) is 13.2. The van der Waals surface area contributed by atoms with Gasteiger partial charge in [-0.3, -0.25) is 13.9 Å². The van der Waals surface area contributed by atoms with Crippen molar-refractivity contribution in [2.45, 2.75) is 46.2 Å². The van der Waals surface area contributed by atoms with Gasteiger partial charge >= 0.3 is 0 Å². The summed E-state index contributed by atoms with van der Waals surface area (Å²) < 4.78 is 37.3. The van der Waals surface area contributed by atoms with Crippen molar-refractivity contribution in [2.24, 2.45) is 0 Å². The first-order valence-corrected chi connectivity index (χ1v) is 13.7. The first-order valence-electron chi connectivity index (χ1n) is 11.8. The van der Waals surface area contributed by atoms with Gasteiger partial charge in [-0.05, 0) is 55.7 Å². The van der Waals surface area contributed by atoms with Crippen molar-refractivity contribution < 1.29 is 27.5 Å². The molecular formula is C26H37N3O6S. The molecule has 0 unspecified atom stereocenters. The predicted molar refractivity (Wildman–Crippen MR) is 141 cm³/mol. The van der Waals surface area contributed by atoms with E-state index in [1.807, 2.05) is 19.9 Å². The molecule has 1 N–H and O–H groups in total. The van der Waals surface area contributed by atoms with Crippen LogP contribution in [0.1, 0.15) is 37.8 Å². The maximum Gasteiger partial charge on any atom is 0.244 e. The van der Waals surface area contributed by atoms with Crippen LogP contribution in [-0.4, -0.2) is 64.7 Å². The normalized spacial score (nSPS) is 11.9. The molecule has 10 heteroatoms. The van der Waals surface area contributed by atoms with Gasteiger partial charge in [-0.2, -0.15) is 0 Å². The van der Waals surface area contributed by atoms with Crippen molar-refractivity contribution >= 4 is 27.5 Å². The fraction of sp³-hybridized carbons (Fsp3) is 0.462. The highest BCUT2D eigenvalue weighted by atomic mass is 32.2. The fourth-order valence-corrected chi connectivity index (χ4v) is 4.52. The van der Waals surface area contributed by atoms with Crippen LogP contribution in [0.5, 0.6) is 11.5 Å². The number of rotatable bonds is 13. The summed E-state index contributed by atoms with van der Waals surface area (Å²) in [7, 11) is -0.872. The van der Waals surface area contributed by atoms with E-state index in [1.54, 1.807) is 50.4 Å². The largest absolute Gasteiger partial charge is 0.497 e. The Labute approximate surface area is 214 Å². The number of ether oxygens (including phenoxy) is 2. The number of carbonyl (C=O) groups excluding carboxylic acids is 2. The van der Waals surface area contributed by atoms with Crippen LogP contribution in [0.3, 0.4) is 0 Å². The van der Waals surface area contributed by atoms with Gasteiger partial charge in [-0.15, -0.1) is 0 Å². The van der Waals surface area contributed by atoms with Crippen molar-refractivity contribution in [2.75, 3.05) is 37.9 Å². The molecule has 0 heterocycles. The third-order valence-electron chi connectivity index (χ3n) is 5.77. The van der Waals surface area contributed by atoms with Gasteiger partial charge < -0.3 is 19.7 Å². The third kappa shape index (κ3) is 7.87. The third-order valence-corrected chi connectivity index (χ3v) is 6.89. The van der Waals surface area contributed by atoms with Gasteiger partial charge in [0.15, 0.2) is 0 Å². The highest BCUT2D eigenvalue weighted by Crippen LogP contribution is 2.31. The molecule has 0 radical (unpaired) electrons. The molecule has 2 rings (SSSR count). The number of benzene rings is 2. The summed E-state index contributed by atoms with van der Waals surface area (Å²) in [5.41, 5.74) is 1.81. The van der Waals surface area contributed by atoms with Gasteiger partial charge in [-0.1, -0.05) is 31.5 Å². The number of aryl methyl sites for hydroxylation is 1. The zero-order valence-electron chi connectivity index (χ0n) is 21.9. The van der Waals surface area contributed by atoms with E-state index in [2.05, 4.69) is 5.32 Å². The second-order valence-electron chi connectivity index (χ2n) is 8.64. The molecule has 2 aromatic carbocycles. The fourth-order valence-electron chi connectivity index (χ4n) is 3.68. The van der Waals surface area contributed by atoms with Crippen LogP contribution >= 0.6 is 0 Å². The Kier molecular flexibility index (Phi) is 10.6. The highest BCUT2D eigenvalue weighted by molar-refractivity contribution is 7.92. The summed E-state index contributed by atoms with van der Waals surface area (Å²) in [5.74, 6) is 0.106. The molecule has 2 amide bonds. The molecular weight excluding hydrogens is 482 g/mol. The molecule has 0 bridgehead atoms. The minimum atomic E-state index is -3.86. The zero-order valence-corrected chi connectivity index (χ0v) is 22.7. The van der Waals surface area contributed by atoms with Gasteiger partial charge in [0.2, 0.25) is 21.8 Å². The van der Waals surface area contributed by atoms with E-state index in [9.17, 15) is 18.0 Å². The maximum atomic E-state index is 13.7. The summed E-state index contributed by atoms with van der Waals surface area (Å²) in [6, 6.07) is 11.5. The summed E-state index contributed by atoms with van der Waals surface area (Å²) in [4.78, 5) is 27.9. The minimum Gasteiger partial charge on any atom is -0.497 e.